The molecule has 0 fully saturated rings. The molecule has 0 aliphatic carbocycles. The lowest BCUT2D eigenvalue weighted by atomic mass is 10.0. The highest BCUT2D eigenvalue weighted by Crippen LogP contribution is 2.10. The molecule has 0 radical (unpaired) electrons. The molecule has 0 bridgehead atoms. The Balaban J connectivity index is 0. The first-order chi connectivity index (χ1) is 8.76. The molecule has 1 atom stereocenters. The zero-order valence-electron chi connectivity index (χ0n) is 13.2. The Morgan fingerprint density at radius 3 is 1.67 bits per heavy atom. The number of unbranched alkanes of at least 4 members (excludes halogenated alkanes) is 3. The third-order valence-corrected chi connectivity index (χ3v) is 3.09. The summed E-state index contributed by atoms with van der Waals surface area (Å²) in [5.41, 5.74) is 0. The van der Waals surface area contributed by atoms with Crippen LogP contribution in [0.25, 0.3) is 0 Å². The van der Waals surface area contributed by atoms with Gasteiger partial charge >= 0.3 is 0 Å². The van der Waals surface area contributed by atoms with Crippen LogP contribution < -0.4 is 0 Å². The fourth-order valence-corrected chi connectivity index (χ4v) is 1.51. The summed E-state index contributed by atoms with van der Waals surface area (Å²) in [5, 5.41) is 8.75. The highest BCUT2D eigenvalue weighted by molar-refractivity contribution is 4.53. The third kappa shape index (κ3) is 18.3. The van der Waals surface area contributed by atoms with E-state index >= 15 is 0 Å². The normalized spacial score (nSPS) is 11.8. The number of hydrogen-bond acceptors (Lipinski definition) is 2. The fourth-order valence-electron chi connectivity index (χ4n) is 1.51. The molecule has 2 heteroatoms. The van der Waals surface area contributed by atoms with Crippen molar-refractivity contribution in [3.8, 4) is 0 Å². The predicted molar refractivity (Wildman–Crippen MR) is 81.0 cm³/mol. The van der Waals surface area contributed by atoms with Crippen molar-refractivity contribution >= 4 is 0 Å². The van der Waals surface area contributed by atoms with Crippen LogP contribution in [-0.2, 0) is 4.74 Å². The van der Waals surface area contributed by atoms with Gasteiger partial charge in [-0.15, -0.1) is 0 Å². The van der Waals surface area contributed by atoms with E-state index in [1.807, 2.05) is 0 Å². The highest BCUT2D eigenvalue weighted by Gasteiger charge is 2.01. The summed E-state index contributed by atoms with van der Waals surface area (Å²) in [6.07, 6.45) is 9.74. The van der Waals surface area contributed by atoms with E-state index in [1.165, 1.54) is 44.9 Å². The second kappa shape index (κ2) is 19.3. The van der Waals surface area contributed by atoms with Gasteiger partial charge in [-0.1, -0.05) is 59.8 Å². The van der Waals surface area contributed by atoms with E-state index in [2.05, 4.69) is 27.7 Å². The summed E-state index contributed by atoms with van der Waals surface area (Å²) >= 11 is 0. The molecule has 18 heavy (non-hydrogen) atoms. The fraction of sp³-hybridized carbons (Fsp3) is 1.00. The summed E-state index contributed by atoms with van der Waals surface area (Å²) in [5.74, 6) is 0.560. The molecule has 1 N–H and O–H groups in total. The van der Waals surface area contributed by atoms with Crippen molar-refractivity contribution in [1.82, 2.24) is 0 Å². The Morgan fingerprint density at radius 1 is 0.833 bits per heavy atom. The number of aliphatic hydroxyl groups is 1. The molecule has 0 saturated carbocycles. The lowest BCUT2D eigenvalue weighted by Gasteiger charge is -2.08. The van der Waals surface area contributed by atoms with E-state index in [1.54, 1.807) is 0 Å². The van der Waals surface area contributed by atoms with E-state index in [-0.39, 0.29) is 0 Å². The Hall–Kier alpha value is -0.0800. The Bertz CT molecular complexity index is 116. The van der Waals surface area contributed by atoms with Crippen LogP contribution in [0.15, 0.2) is 0 Å². The monoisotopic (exact) mass is 260 g/mol. The van der Waals surface area contributed by atoms with E-state index < -0.39 is 0 Å². The van der Waals surface area contributed by atoms with Gasteiger partial charge in [-0.05, 0) is 25.2 Å². The molecule has 0 aliphatic rings. The zero-order chi connectivity index (χ0) is 14.1. The highest BCUT2D eigenvalue weighted by atomic mass is 16.5. The number of aliphatic hydroxyl groups excluding tert-OH is 1. The minimum absolute atomic E-state index is 0.372. The van der Waals surface area contributed by atoms with Crippen LogP contribution in [0.1, 0.15) is 79.1 Å². The van der Waals surface area contributed by atoms with E-state index in [9.17, 15) is 0 Å². The van der Waals surface area contributed by atoms with Gasteiger partial charge in [0, 0.05) is 19.8 Å². The Morgan fingerprint density at radius 2 is 1.33 bits per heavy atom. The molecule has 0 aromatic heterocycles. The molecular formula is C16H36O2. The van der Waals surface area contributed by atoms with Crippen molar-refractivity contribution in [2.24, 2.45) is 5.92 Å². The van der Waals surface area contributed by atoms with E-state index in [4.69, 9.17) is 9.84 Å². The lowest BCUT2D eigenvalue weighted by Crippen LogP contribution is -2.03. The standard InChI is InChI=1S/2C8H18O/c1-3-5-6-8(4-2)7-9;1-3-5-7-9-8-6-4-2/h8-9H,3-7H2,1-2H3;3-8H2,1-2H3. The number of ether oxygens (including phenoxy) is 1. The quantitative estimate of drug-likeness (QED) is 0.541. The van der Waals surface area contributed by atoms with Crippen molar-refractivity contribution in [3.05, 3.63) is 0 Å². The first-order valence-corrected chi connectivity index (χ1v) is 7.95. The van der Waals surface area contributed by atoms with Crippen molar-refractivity contribution in [3.63, 3.8) is 0 Å². The van der Waals surface area contributed by atoms with Gasteiger partial charge in [0.05, 0.1) is 0 Å². The van der Waals surface area contributed by atoms with Crippen molar-refractivity contribution in [2.45, 2.75) is 79.1 Å². The van der Waals surface area contributed by atoms with Gasteiger partial charge in [-0.25, -0.2) is 0 Å². The largest absolute Gasteiger partial charge is 0.396 e. The summed E-state index contributed by atoms with van der Waals surface area (Å²) in [6, 6.07) is 0. The second-order valence-corrected chi connectivity index (χ2v) is 4.92. The van der Waals surface area contributed by atoms with Crippen molar-refractivity contribution < 1.29 is 9.84 Å². The number of rotatable bonds is 11. The third-order valence-electron chi connectivity index (χ3n) is 3.09. The smallest absolute Gasteiger partial charge is 0.0465 e. The van der Waals surface area contributed by atoms with Gasteiger partial charge in [0.15, 0.2) is 0 Å². The summed E-state index contributed by atoms with van der Waals surface area (Å²) in [6.45, 7) is 11.0. The van der Waals surface area contributed by atoms with Crippen LogP contribution in [0.4, 0.5) is 0 Å². The SMILES string of the molecule is CCCCC(CC)CO.CCCCOCCCC. The average Bonchev–Trinajstić information content (AvgIpc) is 2.41. The maximum atomic E-state index is 8.75. The molecule has 0 amide bonds. The van der Waals surface area contributed by atoms with Gasteiger partial charge in [-0.3, -0.25) is 0 Å². The first-order valence-electron chi connectivity index (χ1n) is 7.95. The van der Waals surface area contributed by atoms with Crippen molar-refractivity contribution in [1.29, 1.82) is 0 Å². The van der Waals surface area contributed by atoms with Gasteiger partial charge < -0.3 is 9.84 Å². The molecule has 0 spiro atoms. The second-order valence-electron chi connectivity index (χ2n) is 4.92. The average molecular weight is 260 g/mol. The minimum Gasteiger partial charge on any atom is -0.396 e. The van der Waals surface area contributed by atoms with Crippen LogP contribution >= 0.6 is 0 Å². The van der Waals surface area contributed by atoms with Crippen LogP contribution in [-0.4, -0.2) is 24.9 Å². The molecule has 1 unspecified atom stereocenters. The van der Waals surface area contributed by atoms with E-state index in [0.29, 0.717) is 12.5 Å². The van der Waals surface area contributed by atoms with Gasteiger partial charge in [0.1, 0.15) is 0 Å². The molecule has 112 valence electrons. The molecule has 0 aromatic rings. The topological polar surface area (TPSA) is 29.5 Å². The molecule has 0 aromatic carbocycles. The Kier molecular flexibility index (Phi) is 21.7. The van der Waals surface area contributed by atoms with Crippen LogP contribution in [0.3, 0.4) is 0 Å². The zero-order valence-corrected chi connectivity index (χ0v) is 13.2. The minimum atomic E-state index is 0.372. The number of hydrogen-bond donors (Lipinski definition) is 1. The van der Waals surface area contributed by atoms with Crippen LogP contribution in [0, 0.1) is 5.92 Å². The maximum Gasteiger partial charge on any atom is 0.0465 e. The Labute approximate surface area is 115 Å². The maximum absolute atomic E-state index is 8.75. The lowest BCUT2D eigenvalue weighted by molar-refractivity contribution is 0.128. The molecule has 0 saturated heterocycles. The van der Waals surface area contributed by atoms with Gasteiger partial charge in [-0.2, -0.15) is 0 Å². The van der Waals surface area contributed by atoms with Crippen molar-refractivity contribution in [2.75, 3.05) is 19.8 Å². The van der Waals surface area contributed by atoms with Gasteiger partial charge in [0.25, 0.3) is 0 Å². The molecular weight excluding hydrogens is 224 g/mol. The van der Waals surface area contributed by atoms with Gasteiger partial charge in [0.2, 0.25) is 0 Å². The van der Waals surface area contributed by atoms with Crippen LogP contribution in [0.5, 0.6) is 0 Å². The predicted octanol–water partition coefficient (Wildman–Crippen LogP) is 4.80. The first kappa shape index (κ1) is 20.2. The molecule has 0 aliphatic heterocycles. The summed E-state index contributed by atoms with van der Waals surface area (Å²) in [7, 11) is 0. The van der Waals surface area contributed by atoms with E-state index in [0.717, 1.165) is 19.6 Å². The summed E-state index contributed by atoms with van der Waals surface area (Å²) < 4.78 is 5.31. The van der Waals surface area contributed by atoms with Crippen LogP contribution in [0.2, 0.25) is 0 Å². The molecule has 0 heterocycles. The summed E-state index contributed by atoms with van der Waals surface area (Å²) in [4.78, 5) is 0. The molecule has 2 nitrogen and oxygen atoms in total. The molecule has 0 rings (SSSR count).